The van der Waals surface area contributed by atoms with Crippen LogP contribution in [-0.2, 0) is 16.2 Å². The van der Waals surface area contributed by atoms with E-state index in [0.29, 0.717) is 23.0 Å². The summed E-state index contributed by atoms with van der Waals surface area (Å²) in [5.41, 5.74) is 26.7. The van der Waals surface area contributed by atoms with Crippen LogP contribution in [0.3, 0.4) is 0 Å². The Morgan fingerprint density at radius 3 is 1.70 bits per heavy atom. The Morgan fingerprint density at radius 1 is 0.425 bits per heavy atom. The number of anilines is 5. The Labute approximate surface area is 426 Å². The molecule has 4 nitrogen and oxygen atoms in total. The normalized spacial score (nSPS) is 15.5. The highest BCUT2D eigenvalue weighted by molar-refractivity contribution is 6.94. The minimum Gasteiger partial charge on any atom is -0.450 e. The van der Waals surface area contributed by atoms with E-state index in [1.165, 1.54) is 106 Å². The van der Waals surface area contributed by atoms with Gasteiger partial charge in [0.05, 0.1) is 11.1 Å². The van der Waals surface area contributed by atoms with Crippen LogP contribution in [0.5, 0.6) is 23.0 Å². The second-order valence-corrected chi connectivity index (χ2v) is 22.3. The van der Waals surface area contributed by atoms with Gasteiger partial charge in [-0.2, -0.15) is 0 Å². The largest absolute Gasteiger partial charge is 0.450 e. The number of benzene rings is 10. The van der Waals surface area contributed by atoms with E-state index in [4.69, 9.17) is 9.47 Å². The highest BCUT2D eigenvalue weighted by Crippen LogP contribution is 2.67. The van der Waals surface area contributed by atoms with Crippen LogP contribution in [0.15, 0.2) is 206 Å². The Morgan fingerprint density at radius 2 is 1.00 bits per heavy atom. The first-order valence-electron chi connectivity index (χ1n) is 25.8. The molecule has 0 atom stereocenters. The van der Waals surface area contributed by atoms with Crippen molar-refractivity contribution in [2.24, 2.45) is 0 Å². The van der Waals surface area contributed by atoms with Crippen LogP contribution in [0, 0.1) is 0 Å². The molecule has 0 N–H and O–H groups in total. The minimum absolute atomic E-state index is 0.0760. The van der Waals surface area contributed by atoms with Crippen molar-refractivity contribution in [1.82, 2.24) is 0 Å². The molecule has 0 aromatic heterocycles. The van der Waals surface area contributed by atoms with E-state index < -0.39 is 5.41 Å². The van der Waals surface area contributed by atoms with Gasteiger partial charge in [-0.05, 0) is 131 Å². The van der Waals surface area contributed by atoms with Gasteiger partial charge in [-0.25, -0.2) is 0 Å². The van der Waals surface area contributed by atoms with Crippen molar-refractivity contribution in [3.05, 3.63) is 245 Å². The topological polar surface area (TPSA) is 24.9 Å². The fourth-order valence-corrected chi connectivity index (χ4v) is 14.2. The van der Waals surface area contributed by atoms with E-state index in [-0.39, 0.29) is 17.7 Å². The first-order valence-corrected chi connectivity index (χ1v) is 25.8. The van der Waals surface area contributed by atoms with E-state index in [1.54, 1.807) is 0 Å². The van der Waals surface area contributed by atoms with Gasteiger partial charge in [0.1, 0.15) is 0 Å². The Bertz CT molecular complexity index is 4040. The van der Waals surface area contributed by atoms with E-state index in [2.05, 4.69) is 226 Å². The van der Waals surface area contributed by atoms with Crippen LogP contribution in [0.4, 0.5) is 28.4 Å². The zero-order valence-electron chi connectivity index (χ0n) is 41.4. The lowest BCUT2D eigenvalue weighted by atomic mass is 9.41. The maximum absolute atomic E-state index is 6.95. The summed E-state index contributed by atoms with van der Waals surface area (Å²) in [5, 5.41) is 0. The van der Waals surface area contributed by atoms with Crippen LogP contribution in [0.2, 0.25) is 0 Å². The molecular weight excluding hydrogens is 888 g/mol. The summed E-state index contributed by atoms with van der Waals surface area (Å²) in [6, 6.07) is 77.2. The summed E-state index contributed by atoms with van der Waals surface area (Å²) in [7, 11) is 0. The fraction of sp³-hybridized carbons (Fsp3) is 0.118. The summed E-state index contributed by atoms with van der Waals surface area (Å²) >= 11 is 0. The molecule has 10 aromatic rings. The summed E-state index contributed by atoms with van der Waals surface area (Å²) in [4.78, 5) is 5.30. The van der Waals surface area contributed by atoms with E-state index in [0.717, 1.165) is 16.8 Å². The molecule has 73 heavy (non-hydrogen) atoms. The maximum atomic E-state index is 6.95. The van der Waals surface area contributed by atoms with Crippen molar-refractivity contribution in [3.8, 4) is 67.5 Å². The van der Waals surface area contributed by atoms with Crippen LogP contribution in [-0.4, -0.2) is 6.85 Å². The first-order chi connectivity index (χ1) is 35.6. The summed E-state index contributed by atoms with van der Waals surface area (Å²) in [6.07, 6.45) is 0. The van der Waals surface area contributed by atoms with Gasteiger partial charge in [-0.3, -0.25) is 0 Å². The lowest BCUT2D eigenvalue weighted by Crippen LogP contribution is -2.63. The van der Waals surface area contributed by atoms with Gasteiger partial charge in [-0.15, -0.1) is 0 Å². The quantitative estimate of drug-likeness (QED) is 0.161. The third-order valence-corrected chi connectivity index (χ3v) is 17.2. The number of para-hydroxylation sites is 4. The third-order valence-electron chi connectivity index (χ3n) is 17.2. The van der Waals surface area contributed by atoms with E-state index >= 15 is 0 Å². The predicted octanol–water partition coefficient (Wildman–Crippen LogP) is 16.2. The van der Waals surface area contributed by atoms with Gasteiger partial charge in [0.2, 0.25) is 0 Å². The zero-order chi connectivity index (χ0) is 48.7. The van der Waals surface area contributed by atoms with Gasteiger partial charge in [0, 0.05) is 45.4 Å². The summed E-state index contributed by atoms with van der Waals surface area (Å²) in [5.74, 6) is 2.83. The highest BCUT2D eigenvalue weighted by Gasteiger charge is 2.58. The number of hydrogen-bond donors (Lipinski definition) is 0. The molecule has 346 valence electrons. The summed E-state index contributed by atoms with van der Waals surface area (Å²) < 4.78 is 13.9. The van der Waals surface area contributed by atoms with Gasteiger partial charge in [-0.1, -0.05) is 192 Å². The molecule has 4 heterocycles. The Kier molecular flexibility index (Phi) is 7.95. The number of hydrogen-bond acceptors (Lipinski definition) is 4. The molecule has 10 aromatic carbocycles. The molecule has 1 spiro atoms. The smallest absolute Gasteiger partial charge is 0.333 e. The minimum atomic E-state index is -0.568. The Balaban J connectivity index is 1.09. The predicted molar refractivity (Wildman–Crippen MR) is 299 cm³/mol. The molecule has 0 saturated carbocycles. The fourth-order valence-electron chi connectivity index (χ4n) is 14.2. The number of rotatable bonds is 2. The van der Waals surface area contributed by atoms with Crippen molar-refractivity contribution in [2.75, 3.05) is 9.71 Å². The van der Waals surface area contributed by atoms with Crippen LogP contribution in [0.25, 0.3) is 44.5 Å². The highest BCUT2D eigenvalue weighted by atomic mass is 16.6. The molecule has 5 heteroatoms. The van der Waals surface area contributed by atoms with E-state index in [9.17, 15) is 0 Å². The van der Waals surface area contributed by atoms with Crippen LogP contribution < -0.4 is 30.1 Å². The average molecular weight is 937 g/mol. The molecule has 0 amide bonds. The van der Waals surface area contributed by atoms with Crippen LogP contribution >= 0.6 is 0 Å². The lowest BCUT2D eigenvalue weighted by molar-refractivity contribution is 0.360. The number of nitrogens with zero attached hydrogens (tertiary/aromatic N) is 2. The van der Waals surface area contributed by atoms with Crippen molar-refractivity contribution >= 4 is 46.2 Å². The molecule has 6 aliphatic rings. The molecule has 0 unspecified atom stereocenters. The standard InChI is InChI=1S/C68H49BN2O2/c1-66(2,3)41-34-35-54(46(36-41)40-20-7-6-8-21-40)70-56-39-61-60(72-58-32-17-18-33-59(58)73-61)38-53(56)69-64-57(70)37-47-44-24-9-12-26-48(44)67(4,5)63(47)62(64)45-25-19-30-52-65(45)71(69)55-31-16-15-29-51(55)68(52)49-27-13-10-22-42(49)43-23-11-14-28-50(43)68/h6-39H,1-5H3. The van der Waals surface area contributed by atoms with Crippen molar-refractivity contribution in [1.29, 1.82) is 0 Å². The second-order valence-electron chi connectivity index (χ2n) is 22.3. The van der Waals surface area contributed by atoms with Gasteiger partial charge in [0.15, 0.2) is 23.0 Å². The lowest BCUT2D eigenvalue weighted by Gasteiger charge is -2.53. The van der Waals surface area contributed by atoms with Gasteiger partial charge in [0.25, 0.3) is 0 Å². The van der Waals surface area contributed by atoms with Gasteiger partial charge < -0.3 is 19.2 Å². The molecule has 16 rings (SSSR count). The second kappa shape index (κ2) is 14.1. The third kappa shape index (κ3) is 5.16. The molecule has 4 aliphatic heterocycles. The maximum Gasteiger partial charge on any atom is 0.333 e. The zero-order valence-corrected chi connectivity index (χ0v) is 41.4. The molecule has 0 bridgehead atoms. The molecule has 0 radical (unpaired) electrons. The van der Waals surface area contributed by atoms with Crippen LogP contribution in [0.1, 0.15) is 73.6 Å². The number of fused-ring (bicyclic) bond motifs is 19. The summed E-state index contributed by atoms with van der Waals surface area (Å²) in [6.45, 7) is 11.6. The Hall–Kier alpha value is -8.54. The first kappa shape index (κ1) is 41.1. The molecule has 0 saturated heterocycles. The number of ether oxygens (including phenoxy) is 2. The van der Waals surface area contributed by atoms with E-state index in [1.807, 2.05) is 24.3 Å². The van der Waals surface area contributed by atoms with Crippen molar-refractivity contribution < 1.29 is 9.47 Å². The monoisotopic (exact) mass is 936 g/mol. The average Bonchev–Trinajstić information content (AvgIpc) is 3.85. The molecular formula is C68H49BN2O2. The SMILES string of the molecule is CC(C)(C)c1ccc(N2c3cc4c(cc3B3c5c2cc2c(c5-c5cccc6c5N3c3ccccc3C63c5ccccc5-c5ccccc53)C(C)(C)c3ccccc3-2)Oc2ccccc2O4)c(-c2ccccc2)c1. The molecule has 2 aliphatic carbocycles. The van der Waals surface area contributed by atoms with Gasteiger partial charge >= 0.3 is 6.85 Å². The molecule has 0 fully saturated rings. The van der Waals surface area contributed by atoms with Crippen molar-refractivity contribution in [2.45, 2.75) is 50.9 Å². The van der Waals surface area contributed by atoms with Crippen molar-refractivity contribution in [3.63, 3.8) is 0 Å².